The van der Waals surface area contributed by atoms with Crippen LogP contribution in [0.15, 0.2) is 36.4 Å². The number of aryl methyl sites for hydroxylation is 1. The lowest BCUT2D eigenvalue weighted by atomic mass is 9.93. The van der Waals surface area contributed by atoms with Crippen molar-refractivity contribution in [2.24, 2.45) is 7.05 Å². The summed E-state index contributed by atoms with van der Waals surface area (Å²) in [5.74, 6) is 0.565. The molecule has 2 aromatic carbocycles. The molecular formula is C40H38ClF5IN7O3S2. The summed E-state index contributed by atoms with van der Waals surface area (Å²) in [6, 6.07) is 6.71. The highest BCUT2D eigenvalue weighted by molar-refractivity contribution is 14.1. The summed E-state index contributed by atoms with van der Waals surface area (Å²) in [6.45, 7) is 4.47. The van der Waals surface area contributed by atoms with Gasteiger partial charge in [0.05, 0.1) is 38.7 Å². The number of rotatable bonds is 12. The third-order valence-corrected chi connectivity index (χ3v) is 13.0. The molecule has 2 N–H and O–H groups in total. The Kier molecular flexibility index (Phi) is 11.8. The van der Waals surface area contributed by atoms with E-state index in [1.54, 1.807) is 37.0 Å². The second-order valence-electron chi connectivity index (χ2n) is 15.3. The number of hydrogen-bond donors (Lipinski definition) is 2. The summed E-state index contributed by atoms with van der Waals surface area (Å²) in [4.78, 5) is 19.1. The van der Waals surface area contributed by atoms with Crippen LogP contribution < -0.4 is 10.0 Å². The first kappa shape index (κ1) is 43.2. The number of aromatic nitrogens is 5. The summed E-state index contributed by atoms with van der Waals surface area (Å²) in [7, 11) is -2.21. The molecule has 2 atom stereocenters. The first-order valence-corrected chi connectivity index (χ1v) is 22.7. The molecule has 10 nitrogen and oxygen atoms in total. The van der Waals surface area contributed by atoms with E-state index in [2.05, 4.69) is 54.7 Å². The molecule has 1 saturated carbocycles. The maximum atomic E-state index is 15.2. The number of sulfonamides is 1. The second kappa shape index (κ2) is 16.2. The Balaban J connectivity index is 1.41. The number of anilines is 1. The van der Waals surface area contributed by atoms with Crippen LogP contribution in [-0.2, 0) is 47.2 Å². The molecule has 2 aliphatic carbocycles. The average molecular weight is 986 g/mol. The third kappa shape index (κ3) is 9.52. The number of carbonyl (C=O) groups excluding carboxylic acids is 1. The van der Waals surface area contributed by atoms with Crippen molar-refractivity contribution in [2.45, 2.75) is 87.6 Å². The standard InChI is InChI=1S/C40H38ClF5IN7O3S2/c1-20(42)34-26-10-13-40(45,46)37(26)54(50-34)19-32(55)48-31(16-21-14-22(43)17-23(44)15-21)35-27(18-29(47)30(49-35)11-12-39(2,3)58-24-6-7-24)25-8-9-28(41)33-36(25)53(4)51-38(33)52-59(5,56)57/h8-9,14-15,17-18,20,24,31H,6-7,10,13,16,19H2,1-5H3,(H,48,55)(H,51,52)/t20?,31-/m0/s1. The van der Waals surface area contributed by atoms with Crippen LogP contribution in [0.25, 0.3) is 22.0 Å². The minimum atomic E-state index is -3.80. The molecule has 312 valence electrons. The van der Waals surface area contributed by atoms with E-state index in [-0.39, 0.29) is 51.6 Å². The fraction of sp³-hybridized carbons (Fsp3) is 0.400. The largest absolute Gasteiger partial charge is 0.346 e. The van der Waals surface area contributed by atoms with Gasteiger partial charge in [-0.25, -0.2) is 26.6 Å². The Bertz CT molecular complexity index is 2670. The summed E-state index contributed by atoms with van der Waals surface area (Å²) < 4.78 is 104. The van der Waals surface area contributed by atoms with Crippen molar-refractivity contribution in [1.82, 2.24) is 29.9 Å². The monoisotopic (exact) mass is 985 g/mol. The first-order chi connectivity index (χ1) is 27.6. The van der Waals surface area contributed by atoms with Gasteiger partial charge in [-0.15, -0.1) is 11.8 Å². The zero-order valence-corrected chi connectivity index (χ0v) is 36.9. The van der Waals surface area contributed by atoms with Crippen LogP contribution in [0.1, 0.15) is 86.1 Å². The minimum absolute atomic E-state index is 0.0375. The van der Waals surface area contributed by atoms with Crippen LogP contribution in [0.5, 0.6) is 0 Å². The third-order valence-electron chi connectivity index (χ3n) is 9.80. The average Bonchev–Trinajstić information content (AvgIpc) is 3.62. The van der Waals surface area contributed by atoms with Gasteiger partial charge in [-0.05, 0) is 105 Å². The molecule has 0 bridgehead atoms. The maximum absolute atomic E-state index is 15.2. The highest BCUT2D eigenvalue weighted by Gasteiger charge is 2.46. The van der Waals surface area contributed by atoms with Gasteiger partial charge < -0.3 is 5.32 Å². The molecule has 3 heterocycles. The number of halogens is 7. The zero-order valence-electron chi connectivity index (χ0n) is 32.4. The van der Waals surface area contributed by atoms with Crippen molar-refractivity contribution in [1.29, 1.82) is 0 Å². The number of pyridine rings is 1. The Morgan fingerprint density at radius 2 is 1.81 bits per heavy atom. The number of nitrogens with one attached hydrogen (secondary N) is 2. The summed E-state index contributed by atoms with van der Waals surface area (Å²) in [6.07, 6.45) is 0.604. The molecular weight excluding hydrogens is 948 g/mol. The van der Waals surface area contributed by atoms with Gasteiger partial charge in [0.2, 0.25) is 15.9 Å². The summed E-state index contributed by atoms with van der Waals surface area (Å²) in [5, 5.41) is 12.3. The quantitative estimate of drug-likeness (QED) is 0.0728. The number of thioether (sulfide) groups is 1. The van der Waals surface area contributed by atoms with Crippen LogP contribution in [0.4, 0.5) is 27.8 Å². The van der Waals surface area contributed by atoms with Crippen LogP contribution >= 0.6 is 46.0 Å². The number of fused-ring (bicyclic) bond motifs is 2. The molecule has 1 unspecified atom stereocenters. The lowest BCUT2D eigenvalue weighted by molar-refractivity contribution is -0.122. The number of hydrogen-bond acceptors (Lipinski definition) is 7. The van der Waals surface area contributed by atoms with Crippen LogP contribution in [-0.4, -0.2) is 55.1 Å². The van der Waals surface area contributed by atoms with E-state index >= 15 is 8.78 Å². The van der Waals surface area contributed by atoms with E-state index in [1.165, 1.54) is 11.6 Å². The highest BCUT2D eigenvalue weighted by Crippen LogP contribution is 2.45. The first-order valence-electron chi connectivity index (χ1n) is 18.5. The van der Waals surface area contributed by atoms with Crippen LogP contribution in [0.3, 0.4) is 0 Å². The van der Waals surface area contributed by atoms with E-state index in [1.807, 2.05) is 13.8 Å². The van der Waals surface area contributed by atoms with Gasteiger partial charge in [0.1, 0.15) is 41.4 Å². The number of benzene rings is 2. The molecule has 0 aliphatic heterocycles. The molecule has 19 heteroatoms. The number of amides is 1. The number of nitrogens with zero attached hydrogens (tertiary/aromatic N) is 5. The lowest BCUT2D eigenvalue weighted by Crippen LogP contribution is -2.35. The van der Waals surface area contributed by atoms with E-state index in [4.69, 9.17) is 16.6 Å². The van der Waals surface area contributed by atoms with Crippen molar-refractivity contribution in [3.63, 3.8) is 0 Å². The summed E-state index contributed by atoms with van der Waals surface area (Å²) >= 11 is 10.5. The molecule has 5 aromatic rings. The highest BCUT2D eigenvalue weighted by atomic mass is 127. The van der Waals surface area contributed by atoms with E-state index in [0.29, 0.717) is 37.2 Å². The van der Waals surface area contributed by atoms with Gasteiger partial charge in [-0.2, -0.15) is 19.0 Å². The van der Waals surface area contributed by atoms with Crippen molar-refractivity contribution >= 4 is 78.6 Å². The van der Waals surface area contributed by atoms with E-state index in [0.717, 1.165) is 35.9 Å². The molecule has 3 aromatic heterocycles. The number of alkyl halides is 3. The number of carbonyl (C=O) groups is 1. The topological polar surface area (TPSA) is 124 Å². The molecule has 1 amide bonds. The Labute approximate surface area is 360 Å². The normalized spacial score (nSPS) is 16.1. The molecule has 0 saturated heterocycles. The molecule has 1 fully saturated rings. The lowest BCUT2D eigenvalue weighted by Gasteiger charge is -2.23. The van der Waals surface area contributed by atoms with Crippen LogP contribution in [0.2, 0.25) is 5.02 Å². The molecule has 0 spiro atoms. The van der Waals surface area contributed by atoms with Gasteiger partial charge in [-0.1, -0.05) is 23.6 Å². The van der Waals surface area contributed by atoms with E-state index in [9.17, 15) is 26.4 Å². The van der Waals surface area contributed by atoms with Gasteiger partial charge in [0, 0.05) is 45.0 Å². The predicted molar refractivity (Wildman–Crippen MR) is 227 cm³/mol. The second-order valence-corrected chi connectivity index (χ2v) is 20.5. The van der Waals surface area contributed by atoms with Gasteiger partial charge in [-0.3, -0.25) is 18.9 Å². The Morgan fingerprint density at radius 3 is 2.46 bits per heavy atom. The van der Waals surface area contributed by atoms with E-state index < -0.39 is 69.1 Å². The van der Waals surface area contributed by atoms with Crippen LogP contribution in [0, 0.1) is 27.0 Å². The van der Waals surface area contributed by atoms with Gasteiger partial charge in [0.25, 0.3) is 5.92 Å². The fourth-order valence-electron chi connectivity index (χ4n) is 7.32. The van der Waals surface area contributed by atoms with Crippen molar-refractivity contribution < 1.29 is 35.2 Å². The van der Waals surface area contributed by atoms with Gasteiger partial charge in [0.15, 0.2) is 5.82 Å². The molecule has 59 heavy (non-hydrogen) atoms. The van der Waals surface area contributed by atoms with Crippen molar-refractivity contribution in [2.75, 3.05) is 11.0 Å². The minimum Gasteiger partial charge on any atom is -0.346 e. The predicted octanol–water partition coefficient (Wildman–Crippen LogP) is 8.93. The SMILES string of the molecule is CC(F)c1nn(CC(=O)N[C@@H](Cc2cc(F)cc(F)c2)c2nc(C#CC(C)(C)SC3CC3)c(I)cc2-c2ccc(Cl)c3c(NS(C)(=O)=O)nn(C)c23)c2c1CCC2(F)F. The van der Waals surface area contributed by atoms with Crippen molar-refractivity contribution in [3.05, 3.63) is 90.5 Å². The Hall–Kier alpha value is -3.93. The summed E-state index contributed by atoms with van der Waals surface area (Å²) in [5.41, 5.74) is 1.22. The maximum Gasteiger partial charge on any atom is 0.290 e. The smallest absolute Gasteiger partial charge is 0.290 e. The molecule has 2 aliphatic rings. The fourth-order valence-corrected chi connectivity index (χ4v) is 9.94. The molecule has 7 rings (SSSR count). The van der Waals surface area contributed by atoms with Gasteiger partial charge >= 0.3 is 0 Å². The Morgan fingerprint density at radius 1 is 1.12 bits per heavy atom. The molecule has 0 radical (unpaired) electrons. The zero-order chi connectivity index (χ0) is 42.8. The van der Waals surface area contributed by atoms with Crippen molar-refractivity contribution in [3.8, 4) is 23.0 Å².